The number of benzene rings is 1. The van der Waals surface area contributed by atoms with Crippen LogP contribution in [0, 0.1) is 11.7 Å². The van der Waals surface area contributed by atoms with Crippen molar-refractivity contribution in [1.29, 1.82) is 0 Å². The first-order chi connectivity index (χ1) is 14.7. The van der Waals surface area contributed by atoms with E-state index in [0.717, 1.165) is 5.56 Å². The van der Waals surface area contributed by atoms with Crippen molar-refractivity contribution in [3.8, 4) is 0 Å². The lowest BCUT2D eigenvalue weighted by molar-refractivity contribution is -0.122. The average Bonchev–Trinajstić information content (AvgIpc) is 3.10. The number of nitrogens with one attached hydrogen (secondary N) is 2. The van der Waals surface area contributed by atoms with Gasteiger partial charge < -0.3 is 15.5 Å². The molecule has 8 nitrogen and oxygen atoms in total. The van der Waals surface area contributed by atoms with E-state index >= 15 is 0 Å². The lowest BCUT2D eigenvalue weighted by Gasteiger charge is -2.20. The molecule has 3 amide bonds. The lowest BCUT2D eigenvalue weighted by atomic mass is 10.2. The van der Waals surface area contributed by atoms with E-state index in [9.17, 15) is 18.8 Å². The van der Waals surface area contributed by atoms with Crippen molar-refractivity contribution in [1.82, 2.24) is 25.3 Å². The smallest absolute Gasteiger partial charge is 0.272 e. The molecule has 0 saturated carbocycles. The van der Waals surface area contributed by atoms with Crippen molar-refractivity contribution >= 4 is 17.7 Å². The molecule has 1 aliphatic rings. The molecule has 0 unspecified atom stereocenters. The minimum Gasteiger partial charge on any atom is -0.354 e. The number of nitrogens with zero attached hydrogens (tertiary/aromatic N) is 3. The van der Waals surface area contributed by atoms with Crippen molar-refractivity contribution in [2.45, 2.75) is 46.3 Å². The number of halogens is 1. The number of amides is 3. The maximum absolute atomic E-state index is 13.1. The van der Waals surface area contributed by atoms with E-state index in [2.05, 4.69) is 15.7 Å². The Kier molecular flexibility index (Phi) is 7.04. The van der Waals surface area contributed by atoms with E-state index in [4.69, 9.17) is 0 Å². The highest BCUT2D eigenvalue weighted by Crippen LogP contribution is 2.17. The van der Waals surface area contributed by atoms with Gasteiger partial charge in [-0.05, 0) is 37.0 Å². The maximum Gasteiger partial charge on any atom is 0.272 e. The zero-order valence-corrected chi connectivity index (χ0v) is 18.0. The summed E-state index contributed by atoms with van der Waals surface area (Å²) in [6, 6.07) is 6.76. The van der Waals surface area contributed by atoms with Gasteiger partial charge in [-0.3, -0.25) is 19.1 Å². The van der Waals surface area contributed by atoms with Crippen molar-refractivity contribution < 1.29 is 18.8 Å². The summed E-state index contributed by atoms with van der Waals surface area (Å²) in [5, 5.41) is 9.68. The summed E-state index contributed by atoms with van der Waals surface area (Å²) in [6.45, 7) is 7.47. The first-order valence-electron chi connectivity index (χ1n) is 10.4. The number of carbonyl (C=O) groups is 3. The highest BCUT2D eigenvalue weighted by atomic mass is 19.1. The molecule has 0 aliphatic carbocycles. The summed E-state index contributed by atoms with van der Waals surface area (Å²) < 4.78 is 14.7. The fourth-order valence-corrected chi connectivity index (χ4v) is 3.30. The van der Waals surface area contributed by atoms with E-state index in [1.807, 2.05) is 13.8 Å². The van der Waals surface area contributed by atoms with Gasteiger partial charge in [0.25, 0.3) is 11.8 Å². The zero-order chi connectivity index (χ0) is 22.5. The Balaban J connectivity index is 1.68. The molecule has 1 aliphatic heterocycles. The van der Waals surface area contributed by atoms with Crippen LogP contribution < -0.4 is 10.6 Å². The van der Waals surface area contributed by atoms with Gasteiger partial charge >= 0.3 is 0 Å². The summed E-state index contributed by atoms with van der Waals surface area (Å²) >= 11 is 0. The molecule has 166 valence electrons. The van der Waals surface area contributed by atoms with Crippen LogP contribution in [0.3, 0.4) is 0 Å². The molecule has 1 aromatic carbocycles. The molecule has 2 N–H and O–H groups in total. The summed E-state index contributed by atoms with van der Waals surface area (Å²) in [5.74, 6) is -1.04. The van der Waals surface area contributed by atoms with Gasteiger partial charge in [0, 0.05) is 32.2 Å². The fourth-order valence-electron chi connectivity index (χ4n) is 3.30. The molecule has 3 rings (SSSR count). The van der Waals surface area contributed by atoms with E-state index in [1.54, 1.807) is 24.0 Å². The van der Waals surface area contributed by atoms with Crippen LogP contribution in [0.4, 0.5) is 4.39 Å². The Morgan fingerprint density at radius 3 is 2.55 bits per heavy atom. The second-order valence-electron chi connectivity index (χ2n) is 8.18. The van der Waals surface area contributed by atoms with Gasteiger partial charge in [-0.15, -0.1) is 0 Å². The third kappa shape index (κ3) is 5.68. The fraction of sp³-hybridized carbons (Fsp3) is 0.455. The summed E-state index contributed by atoms with van der Waals surface area (Å²) in [4.78, 5) is 39.4. The van der Waals surface area contributed by atoms with E-state index < -0.39 is 11.9 Å². The molecule has 0 bridgehead atoms. The normalized spacial score (nSPS) is 14.7. The number of aromatic nitrogens is 2. The van der Waals surface area contributed by atoms with Crippen molar-refractivity contribution in [2.24, 2.45) is 5.92 Å². The van der Waals surface area contributed by atoms with Crippen molar-refractivity contribution in [3.63, 3.8) is 0 Å². The Morgan fingerprint density at radius 1 is 1.16 bits per heavy atom. The predicted octanol–water partition coefficient (Wildman–Crippen LogP) is 1.96. The summed E-state index contributed by atoms with van der Waals surface area (Å²) in [7, 11) is 0. The van der Waals surface area contributed by atoms with Gasteiger partial charge in [0.15, 0.2) is 5.69 Å². The molecule has 1 aromatic heterocycles. The van der Waals surface area contributed by atoms with Gasteiger partial charge in [0.2, 0.25) is 5.91 Å². The number of fused-ring (bicyclic) bond motifs is 1. The van der Waals surface area contributed by atoms with Gasteiger partial charge in [0.05, 0.1) is 0 Å². The van der Waals surface area contributed by atoms with Crippen LogP contribution in [0.5, 0.6) is 0 Å². The molecule has 1 atom stereocenters. The molecule has 9 heteroatoms. The average molecular weight is 429 g/mol. The molecular formula is C22H28FN5O3. The Morgan fingerprint density at radius 2 is 1.87 bits per heavy atom. The van der Waals surface area contributed by atoms with Crippen LogP contribution in [0.15, 0.2) is 30.3 Å². The topological polar surface area (TPSA) is 96.3 Å². The number of aryl methyl sites for hydroxylation is 1. The largest absolute Gasteiger partial charge is 0.354 e. The Labute approximate surface area is 180 Å². The second kappa shape index (κ2) is 9.72. The minimum atomic E-state index is -0.724. The minimum absolute atomic E-state index is 0.0930. The molecular weight excluding hydrogens is 401 g/mol. The molecule has 31 heavy (non-hydrogen) atoms. The van der Waals surface area contributed by atoms with E-state index in [0.29, 0.717) is 44.2 Å². The van der Waals surface area contributed by atoms with Crippen LogP contribution >= 0.6 is 0 Å². The van der Waals surface area contributed by atoms with Crippen LogP contribution in [0.2, 0.25) is 0 Å². The standard InChI is InChI=1S/C22H28FN5O3/c1-14(2)12-24-20(29)15(3)25-21(30)18-11-19-22(31)27(9-4-10-28(19)26-18)13-16-5-7-17(23)8-6-16/h5-8,11,14-15H,4,9-10,12-13H2,1-3H3,(H,24,29)(H,25,30)/t15-/m1/s1. The van der Waals surface area contributed by atoms with Crippen LogP contribution in [-0.2, 0) is 17.9 Å². The third-order valence-electron chi connectivity index (χ3n) is 5.03. The third-order valence-corrected chi connectivity index (χ3v) is 5.03. The van der Waals surface area contributed by atoms with Gasteiger partial charge in [-0.1, -0.05) is 26.0 Å². The zero-order valence-electron chi connectivity index (χ0n) is 18.0. The highest BCUT2D eigenvalue weighted by molar-refractivity contribution is 5.99. The number of hydrogen-bond donors (Lipinski definition) is 2. The maximum atomic E-state index is 13.1. The molecule has 2 heterocycles. The predicted molar refractivity (Wildman–Crippen MR) is 113 cm³/mol. The quantitative estimate of drug-likeness (QED) is 0.703. The van der Waals surface area contributed by atoms with Crippen LogP contribution in [0.25, 0.3) is 0 Å². The van der Waals surface area contributed by atoms with Gasteiger partial charge in [-0.2, -0.15) is 5.10 Å². The summed E-state index contributed by atoms with van der Waals surface area (Å²) in [6.07, 6.45) is 0.677. The lowest BCUT2D eigenvalue weighted by Crippen LogP contribution is -2.45. The van der Waals surface area contributed by atoms with Crippen molar-refractivity contribution in [3.05, 3.63) is 53.1 Å². The molecule has 0 fully saturated rings. The van der Waals surface area contributed by atoms with Gasteiger partial charge in [0.1, 0.15) is 17.6 Å². The highest BCUT2D eigenvalue weighted by Gasteiger charge is 2.27. The molecule has 0 spiro atoms. The number of carbonyl (C=O) groups excluding carboxylic acids is 3. The van der Waals surface area contributed by atoms with Crippen LogP contribution in [-0.4, -0.2) is 51.5 Å². The molecule has 2 aromatic rings. The van der Waals surface area contributed by atoms with Gasteiger partial charge in [-0.25, -0.2) is 4.39 Å². The Hall–Kier alpha value is -3.23. The molecule has 0 radical (unpaired) electrons. The number of rotatable bonds is 7. The SMILES string of the molecule is CC(C)CNC(=O)[C@@H](C)NC(=O)c1cc2n(n1)CCCN(Cc1ccc(F)cc1)C2=O. The molecule has 0 saturated heterocycles. The van der Waals surface area contributed by atoms with Crippen molar-refractivity contribution in [2.75, 3.05) is 13.1 Å². The second-order valence-corrected chi connectivity index (χ2v) is 8.18. The Bertz CT molecular complexity index is 955. The van der Waals surface area contributed by atoms with Crippen LogP contribution in [0.1, 0.15) is 53.7 Å². The first kappa shape index (κ1) is 22.5. The number of hydrogen-bond acceptors (Lipinski definition) is 4. The summed E-state index contributed by atoms with van der Waals surface area (Å²) in [5.41, 5.74) is 1.24. The monoisotopic (exact) mass is 429 g/mol. The van der Waals surface area contributed by atoms with E-state index in [-0.39, 0.29) is 23.3 Å². The van der Waals surface area contributed by atoms with E-state index in [1.165, 1.54) is 22.9 Å². The first-order valence-corrected chi connectivity index (χ1v) is 10.4.